The van der Waals surface area contributed by atoms with Crippen LogP contribution in [0, 0.1) is 6.92 Å². The lowest BCUT2D eigenvalue weighted by atomic mass is 10.00. The first-order valence-corrected chi connectivity index (χ1v) is 6.49. The summed E-state index contributed by atoms with van der Waals surface area (Å²) < 4.78 is 0. The molecular weight excluding hydrogens is 236 g/mol. The summed E-state index contributed by atoms with van der Waals surface area (Å²) >= 11 is 0. The van der Waals surface area contributed by atoms with Gasteiger partial charge in [-0.05, 0) is 18.9 Å². The summed E-state index contributed by atoms with van der Waals surface area (Å²) in [6.07, 6.45) is 0.240. The van der Waals surface area contributed by atoms with Gasteiger partial charge in [-0.2, -0.15) is 0 Å². The summed E-state index contributed by atoms with van der Waals surface area (Å²) in [6, 6.07) is 17.0. The van der Waals surface area contributed by atoms with E-state index in [1.54, 1.807) is 12.1 Å². The molecule has 1 unspecified atom stereocenters. The molecular formula is C17H18O2. The number of aliphatic hydroxyl groups is 1. The number of aryl methyl sites for hydroxylation is 1. The van der Waals surface area contributed by atoms with Gasteiger partial charge in [0.2, 0.25) is 0 Å². The van der Waals surface area contributed by atoms with E-state index in [0.717, 1.165) is 11.1 Å². The molecule has 2 rings (SSSR count). The van der Waals surface area contributed by atoms with Gasteiger partial charge in [0.1, 0.15) is 0 Å². The Morgan fingerprint density at radius 2 is 1.68 bits per heavy atom. The molecule has 0 heterocycles. The number of Topliss-reactive ketones (excluding diaryl/α,β-unsaturated/α-hetero) is 1. The first-order chi connectivity index (χ1) is 9.16. The van der Waals surface area contributed by atoms with Crippen molar-refractivity contribution in [3.05, 3.63) is 71.3 Å². The van der Waals surface area contributed by atoms with Crippen LogP contribution < -0.4 is 0 Å². The fourth-order valence-electron chi connectivity index (χ4n) is 1.99. The van der Waals surface area contributed by atoms with Crippen molar-refractivity contribution in [2.24, 2.45) is 0 Å². The van der Waals surface area contributed by atoms with Gasteiger partial charge in [-0.25, -0.2) is 0 Å². The van der Waals surface area contributed by atoms with Crippen LogP contribution in [-0.2, 0) is 0 Å². The molecule has 98 valence electrons. The molecule has 2 nitrogen and oxygen atoms in total. The van der Waals surface area contributed by atoms with Gasteiger partial charge in [0, 0.05) is 12.0 Å². The standard InChI is InChI=1S/C17H18O2/c1-13-7-9-15(10-8-13)17(19)12-11-16(18)14-5-3-2-4-6-14/h2-10,17,19H,11-12H2,1H3. The maximum absolute atomic E-state index is 11.9. The summed E-state index contributed by atoms with van der Waals surface area (Å²) in [5.74, 6) is 0.0757. The number of carbonyl (C=O) groups is 1. The summed E-state index contributed by atoms with van der Waals surface area (Å²) in [7, 11) is 0. The van der Waals surface area contributed by atoms with Crippen LogP contribution in [0.1, 0.15) is 40.4 Å². The molecule has 1 N–H and O–H groups in total. The number of rotatable bonds is 5. The Hall–Kier alpha value is -1.93. The molecule has 2 heteroatoms. The van der Waals surface area contributed by atoms with Crippen molar-refractivity contribution in [3.63, 3.8) is 0 Å². The number of ketones is 1. The first-order valence-electron chi connectivity index (χ1n) is 6.49. The Bertz CT molecular complexity index is 529. The average Bonchev–Trinajstić information content (AvgIpc) is 2.46. The second-order valence-corrected chi connectivity index (χ2v) is 4.75. The van der Waals surface area contributed by atoms with E-state index in [1.807, 2.05) is 49.4 Å². The van der Waals surface area contributed by atoms with Crippen molar-refractivity contribution in [3.8, 4) is 0 Å². The maximum Gasteiger partial charge on any atom is 0.162 e. The molecule has 0 radical (unpaired) electrons. The molecule has 0 aliphatic rings. The number of carbonyl (C=O) groups excluding carboxylic acids is 1. The maximum atomic E-state index is 11.9. The largest absolute Gasteiger partial charge is 0.388 e. The molecule has 0 saturated heterocycles. The van der Waals surface area contributed by atoms with Crippen LogP contribution in [0.25, 0.3) is 0 Å². The van der Waals surface area contributed by atoms with Crippen molar-refractivity contribution >= 4 is 5.78 Å². The van der Waals surface area contributed by atoms with E-state index in [2.05, 4.69) is 0 Å². The van der Waals surface area contributed by atoms with E-state index in [-0.39, 0.29) is 5.78 Å². The Morgan fingerprint density at radius 3 is 2.32 bits per heavy atom. The van der Waals surface area contributed by atoms with E-state index in [1.165, 1.54) is 0 Å². The van der Waals surface area contributed by atoms with Gasteiger partial charge in [-0.1, -0.05) is 60.2 Å². The zero-order valence-electron chi connectivity index (χ0n) is 11.0. The second kappa shape index (κ2) is 6.30. The topological polar surface area (TPSA) is 37.3 Å². The van der Waals surface area contributed by atoms with Crippen LogP contribution in [0.5, 0.6) is 0 Å². The SMILES string of the molecule is Cc1ccc(C(O)CCC(=O)c2ccccc2)cc1. The highest BCUT2D eigenvalue weighted by molar-refractivity contribution is 5.95. The number of aliphatic hydroxyl groups excluding tert-OH is 1. The summed E-state index contributed by atoms with van der Waals surface area (Å²) in [6.45, 7) is 2.01. The van der Waals surface area contributed by atoms with E-state index in [4.69, 9.17) is 0 Å². The van der Waals surface area contributed by atoms with Crippen LogP contribution in [0.4, 0.5) is 0 Å². The molecule has 0 saturated carbocycles. The van der Waals surface area contributed by atoms with E-state index < -0.39 is 6.10 Å². The molecule has 0 aliphatic heterocycles. The monoisotopic (exact) mass is 254 g/mol. The third kappa shape index (κ3) is 3.76. The first kappa shape index (κ1) is 13.5. The van der Waals surface area contributed by atoms with E-state index >= 15 is 0 Å². The fourth-order valence-corrected chi connectivity index (χ4v) is 1.99. The quantitative estimate of drug-likeness (QED) is 0.826. The highest BCUT2D eigenvalue weighted by Crippen LogP contribution is 2.20. The number of hydrogen-bond acceptors (Lipinski definition) is 2. The molecule has 0 amide bonds. The van der Waals surface area contributed by atoms with E-state index in [9.17, 15) is 9.90 Å². The highest BCUT2D eigenvalue weighted by Gasteiger charge is 2.11. The van der Waals surface area contributed by atoms with Crippen molar-refractivity contribution in [2.75, 3.05) is 0 Å². The Labute approximate surface area is 113 Å². The minimum atomic E-state index is -0.576. The minimum Gasteiger partial charge on any atom is -0.388 e. The smallest absolute Gasteiger partial charge is 0.162 e. The van der Waals surface area contributed by atoms with Gasteiger partial charge in [-0.3, -0.25) is 4.79 Å². The Morgan fingerprint density at radius 1 is 1.05 bits per heavy atom. The zero-order valence-corrected chi connectivity index (χ0v) is 11.0. The lowest BCUT2D eigenvalue weighted by molar-refractivity contribution is 0.0940. The van der Waals surface area contributed by atoms with Crippen LogP contribution in [0.2, 0.25) is 0 Å². The molecule has 0 aromatic heterocycles. The highest BCUT2D eigenvalue weighted by atomic mass is 16.3. The Kier molecular flexibility index (Phi) is 4.48. The summed E-state index contributed by atoms with van der Waals surface area (Å²) in [5, 5.41) is 10.1. The van der Waals surface area contributed by atoms with E-state index in [0.29, 0.717) is 18.4 Å². The van der Waals surface area contributed by atoms with Gasteiger partial charge in [0.05, 0.1) is 6.10 Å². The normalized spacial score (nSPS) is 12.1. The fraction of sp³-hybridized carbons (Fsp3) is 0.235. The van der Waals surface area contributed by atoms with Gasteiger partial charge < -0.3 is 5.11 Å². The van der Waals surface area contributed by atoms with Crippen LogP contribution in [-0.4, -0.2) is 10.9 Å². The van der Waals surface area contributed by atoms with Crippen molar-refractivity contribution < 1.29 is 9.90 Å². The Balaban J connectivity index is 1.92. The predicted octanol–water partition coefficient (Wildman–Crippen LogP) is 3.69. The van der Waals surface area contributed by atoms with Gasteiger partial charge in [0.25, 0.3) is 0 Å². The summed E-state index contributed by atoms with van der Waals surface area (Å²) in [4.78, 5) is 11.9. The molecule has 0 bridgehead atoms. The lowest BCUT2D eigenvalue weighted by Gasteiger charge is -2.10. The van der Waals surface area contributed by atoms with Crippen molar-refractivity contribution in [1.82, 2.24) is 0 Å². The summed E-state index contributed by atoms with van der Waals surface area (Å²) in [5.41, 5.74) is 2.74. The van der Waals surface area contributed by atoms with Crippen molar-refractivity contribution in [2.45, 2.75) is 25.9 Å². The lowest BCUT2D eigenvalue weighted by Crippen LogP contribution is -2.04. The average molecular weight is 254 g/mol. The molecule has 0 fully saturated rings. The number of benzene rings is 2. The predicted molar refractivity (Wildman–Crippen MR) is 76.1 cm³/mol. The van der Waals surface area contributed by atoms with Gasteiger partial charge in [0.15, 0.2) is 5.78 Å². The third-order valence-electron chi connectivity index (χ3n) is 3.20. The van der Waals surface area contributed by atoms with Gasteiger partial charge in [-0.15, -0.1) is 0 Å². The molecule has 0 aliphatic carbocycles. The zero-order chi connectivity index (χ0) is 13.7. The third-order valence-corrected chi connectivity index (χ3v) is 3.20. The molecule has 2 aromatic carbocycles. The molecule has 2 aromatic rings. The van der Waals surface area contributed by atoms with Crippen LogP contribution in [0.3, 0.4) is 0 Å². The molecule has 19 heavy (non-hydrogen) atoms. The van der Waals surface area contributed by atoms with Crippen LogP contribution >= 0.6 is 0 Å². The van der Waals surface area contributed by atoms with Crippen molar-refractivity contribution in [1.29, 1.82) is 0 Å². The van der Waals surface area contributed by atoms with Gasteiger partial charge >= 0.3 is 0 Å². The number of hydrogen-bond donors (Lipinski definition) is 1. The van der Waals surface area contributed by atoms with Crippen LogP contribution in [0.15, 0.2) is 54.6 Å². The molecule has 1 atom stereocenters. The molecule has 0 spiro atoms. The second-order valence-electron chi connectivity index (χ2n) is 4.75. The minimum absolute atomic E-state index is 0.0757.